The monoisotopic (exact) mass is 292 g/mol. The molecule has 2 rings (SSSR count). The van der Waals surface area contributed by atoms with Crippen LogP contribution in [0.15, 0.2) is 47.4 Å². The van der Waals surface area contributed by atoms with Crippen molar-refractivity contribution in [2.45, 2.75) is 10.6 Å². The summed E-state index contributed by atoms with van der Waals surface area (Å²) >= 11 is 1.52. The zero-order chi connectivity index (χ0) is 14.5. The Kier molecular flexibility index (Phi) is 5.06. The zero-order valence-electron chi connectivity index (χ0n) is 10.9. The van der Waals surface area contributed by atoms with Gasteiger partial charge in [-0.1, -0.05) is 12.1 Å². The van der Waals surface area contributed by atoms with E-state index in [2.05, 4.69) is 0 Å². The molecule has 0 radical (unpaired) electrons. The number of rotatable bonds is 5. The molecule has 6 heteroatoms. The van der Waals surface area contributed by atoms with E-state index < -0.39 is 12.9 Å². The van der Waals surface area contributed by atoms with E-state index in [4.69, 9.17) is 14.8 Å². The minimum absolute atomic E-state index is 0.159. The number of hydrogen-bond donors (Lipinski definition) is 2. The van der Waals surface area contributed by atoms with Crippen molar-refractivity contribution in [3.8, 4) is 5.75 Å². The summed E-state index contributed by atoms with van der Waals surface area (Å²) in [6.07, 6.45) is 0. The van der Waals surface area contributed by atoms with Crippen molar-refractivity contribution in [2.75, 3.05) is 7.11 Å². The lowest BCUT2D eigenvalue weighted by atomic mass is 9.79. The van der Waals surface area contributed by atoms with Crippen LogP contribution in [0.4, 0.5) is 4.39 Å². The van der Waals surface area contributed by atoms with E-state index in [1.54, 1.807) is 13.2 Å². The first-order valence-electron chi connectivity index (χ1n) is 6.01. The SMILES string of the molecule is COc1cccc(SCc2cc(F)cc(B(O)O)c2)c1. The third-order valence-corrected chi connectivity index (χ3v) is 3.79. The number of benzene rings is 2. The smallest absolute Gasteiger partial charge is 0.488 e. The van der Waals surface area contributed by atoms with Crippen LogP contribution in [0.2, 0.25) is 0 Å². The summed E-state index contributed by atoms with van der Waals surface area (Å²) in [6.45, 7) is 0. The van der Waals surface area contributed by atoms with Gasteiger partial charge in [-0.3, -0.25) is 0 Å². The second-order valence-corrected chi connectivity index (χ2v) is 5.28. The van der Waals surface area contributed by atoms with Crippen molar-refractivity contribution < 1.29 is 19.2 Å². The summed E-state index contributed by atoms with van der Waals surface area (Å²) in [5.74, 6) is 0.822. The molecular formula is C14H14BFO3S. The lowest BCUT2D eigenvalue weighted by Crippen LogP contribution is -2.30. The highest BCUT2D eigenvalue weighted by molar-refractivity contribution is 7.98. The lowest BCUT2D eigenvalue weighted by molar-refractivity contribution is 0.413. The molecule has 0 amide bonds. The fourth-order valence-corrected chi connectivity index (χ4v) is 2.64. The second kappa shape index (κ2) is 6.79. The number of halogens is 1. The highest BCUT2D eigenvalue weighted by Gasteiger charge is 2.13. The number of methoxy groups -OCH3 is 1. The lowest BCUT2D eigenvalue weighted by Gasteiger charge is -2.07. The van der Waals surface area contributed by atoms with Crippen LogP contribution in [0, 0.1) is 5.82 Å². The van der Waals surface area contributed by atoms with E-state index in [1.165, 1.54) is 17.8 Å². The van der Waals surface area contributed by atoms with Gasteiger partial charge in [0.15, 0.2) is 0 Å². The number of ether oxygens (including phenoxy) is 1. The maximum Gasteiger partial charge on any atom is 0.488 e. The van der Waals surface area contributed by atoms with Crippen molar-refractivity contribution >= 4 is 24.3 Å². The molecule has 0 aliphatic carbocycles. The summed E-state index contributed by atoms with van der Waals surface area (Å²) < 4.78 is 18.5. The summed E-state index contributed by atoms with van der Waals surface area (Å²) in [6, 6.07) is 11.7. The van der Waals surface area contributed by atoms with Gasteiger partial charge in [-0.25, -0.2) is 4.39 Å². The Hall–Kier alpha value is -1.50. The quantitative estimate of drug-likeness (QED) is 0.652. The summed E-state index contributed by atoms with van der Waals surface area (Å²) in [4.78, 5) is 1.000. The predicted molar refractivity (Wildman–Crippen MR) is 78.8 cm³/mol. The van der Waals surface area contributed by atoms with E-state index in [0.717, 1.165) is 16.7 Å². The Morgan fingerprint density at radius 3 is 2.70 bits per heavy atom. The topological polar surface area (TPSA) is 49.7 Å². The molecular weight excluding hydrogens is 278 g/mol. The fraction of sp³-hybridized carbons (Fsp3) is 0.143. The molecule has 0 bridgehead atoms. The molecule has 0 aromatic heterocycles. The average Bonchev–Trinajstić information content (AvgIpc) is 2.44. The van der Waals surface area contributed by atoms with Gasteiger partial charge in [0.05, 0.1) is 7.11 Å². The van der Waals surface area contributed by atoms with E-state index >= 15 is 0 Å². The maximum atomic E-state index is 13.4. The van der Waals surface area contributed by atoms with Crippen molar-refractivity contribution in [2.24, 2.45) is 0 Å². The third kappa shape index (κ3) is 4.00. The van der Waals surface area contributed by atoms with E-state index in [-0.39, 0.29) is 5.46 Å². The molecule has 0 heterocycles. The number of thioether (sulfide) groups is 1. The van der Waals surface area contributed by atoms with Gasteiger partial charge in [0.1, 0.15) is 11.6 Å². The standard InChI is InChI=1S/C14H14BFO3S/c1-19-13-3-2-4-14(8-13)20-9-10-5-11(15(17)18)7-12(16)6-10/h2-8,17-18H,9H2,1H3. The van der Waals surface area contributed by atoms with Gasteiger partial charge in [-0.2, -0.15) is 0 Å². The van der Waals surface area contributed by atoms with Crippen LogP contribution in [0.5, 0.6) is 5.75 Å². The Morgan fingerprint density at radius 1 is 1.20 bits per heavy atom. The molecule has 0 unspecified atom stereocenters. The molecule has 0 saturated carbocycles. The predicted octanol–water partition coefficient (Wildman–Crippen LogP) is 1.81. The van der Waals surface area contributed by atoms with Gasteiger partial charge in [0.25, 0.3) is 0 Å². The third-order valence-electron chi connectivity index (χ3n) is 2.72. The van der Waals surface area contributed by atoms with E-state index in [0.29, 0.717) is 11.3 Å². The van der Waals surface area contributed by atoms with Gasteiger partial charge < -0.3 is 14.8 Å². The maximum absolute atomic E-state index is 13.4. The largest absolute Gasteiger partial charge is 0.497 e. The minimum atomic E-state index is -1.66. The Bertz CT molecular complexity index is 592. The Morgan fingerprint density at radius 2 is 2.00 bits per heavy atom. The summed E-state index contributed by atoms with van der Waals surface area (Å²) in [5, 5.41) is 18.2. The molecule has 0 fully saturated rings. The van der Waals surface area contributed by atoms with Crippen LogP contribution in [0.1, 0.15) is 5.56 Å². The molecule has 2 N–H and O–H groups in total. The van der Waals surface area contributed by atoms with Crippen LogP contribution in [0.3, 0.4) is 0 Å². The van der Waals surface area contributed by atoms with Crippen LogP contribution < -0.4 is 10.2 Å². The summed E-state index contributed by atoms with van der Waals surface area (Å²) in [7, 11) is -0.0584. The zero-order valence-corrected chi connectivity index (χ0v) is 11.7. The molecule has 3 nitrogen and oxygen atoms in total. The number of hydrogen-bond acceptors (Lipinski definition) is 4. The molecule has 104 valence electrons. The van der Waals surface area contributed by atoms with Gasteiger partial charge in [0.2, 0.25) is 0 Å². The van der Waals surface area contributed by atoms with Gasteiger partial charge in [-0.05, 0) is 41.4 Å². The average molecular weight is 292 g/mol. The molecule has 0 atom stereocenters. The van der Waals surface area contributed by atoms with Crippen LogP contribution in [-0.2, 0) is 5.75 Å². The Labute approximate surface area is 121 Å². The van der Waals surface area contributed by atoms with Gasteiger partial charge in [0, 0.05) is 10.6 Å². The Balaban J connectivity index is 2.10. The fourth-order valence-electron chi connectivity index (χ4n) is 1.77. The van der Waals surface area contributed by atoms with Crippen molar-refractivity contribution in [3.63, 3.8) is 0 Å². The second-order valence-electron chi connectivity index (χ2n) is 4.23. The van der Waals surface area contributed by atoms with Crippen molar-refractivity contribution in [1.82, 2.24) is 0 Å². The molecule has 0 aliphatic rings. The highest BCUT2D eigenvalue weighted by atomic mass is 32.2. The van der Waals surface area contributed by atoms with Crippen LogP contribution in [0.25, 0.3) is 0 Å². The van der Waals surface area contributed by atoms with Crippen molar-refractivity contribution in [1.29, 1.82) is 0 Å². The van der Waals surface area contributed by atoms with Crippen molar-refractivity contribution in [3.05, 3.63) is 53.8 Å². The first kappa shape index (κ1) is 14.9. The summed E-state index contributed by atoms with van der Waals surface area (Å²) in [5.41, 5.74) is 0.854. The minimum Gasteiger partial charge on any atom is -0.497 e. The molecule has 2 aromatic rings. The molecule has 2 aromatic carbocycles. The van der Waals surface area contributed by atoms with Crippen LogP contribution >= 0.6 is 11.8 Å². The first-order valence-corrected chi connectivity index (χ1v) is 6.99. The van der Waals surface area contributed by atoms with Gasteiger partial charge in [-0.15, -0.1) is 11.8 Å². The van der Waals surface area contributed by atoms with Crippen LogP contribution in [-0.4, -0.2) is 24.3 Å². The van der Waals surface area contributed by atoms with E-state index in [9.17, 15) is 4.39 Å². The molecule has 0 saturated heterocycles. The molecule has 0 spiro atoms. The van der Waals surface area contributed by atoms with Gasteiger partial charge >= 0.3 is 7.12 Å². The highest BCUT2D eigenvalue weighted by Crippen LogP contribution is 2.26. The molecule has 0 aliphatic heterocycles. The molecule has 20 heavy (non-hydrogen) atoms. The first-order chi connectivity index (χ1) is 9.58. The van der Waals surface area contributed by atoms with E-state index in [1.807, 2.05) is 24.3 Å². The normalized spacial score (nSPS) is 10.4.